The number of benzene rings is 1. The third kappa shape index (κ3) is 2.64. The maximum Gasteiger partial charge on any atom is 0.274 e. The molecular formula is C12H12FN3O4. The van der Waals surface area contributed by atoms with Gasteiger partial charge in [0.1, 0.15) is 5.82 Å². The molecule has 1 saturated heterocycles. The van der Waals surface area contributed by atoms with Crippen LogP contribution in [-0.4, -0.2) is 34.7 Å². The Morgan fingerprint density at radius 3 is 2.75 bits per heavy atom. The SMILES string of the molecule is CN1C(=O)CC(NCc2cc(F)ccc2[N+](=O)[O-])C1=O. The molecule has 0 aromatic heterocycles. The third-order valence-corrected chi connectivity index (χ3v) is 3.16. The second-order valence-corrected chi connectivity index (χ2v) is 4.46. The number of nitro groups is 1. The highest BCUT2D eigenvalue weighted by molar-refractivity contribution is 6.05. The van der Waals surface area contributed by atoms with Crippen molar-refractivity contribution in [2.24, 2.45) is 0 Å². The number of carbonyl (C=O) groups is 2. The normalized spacial score (nSPS) is 18.7. The van der Waals surface area contributed by atoms with Crippen LogP contribution in [0.1, 0.15) is 12.0 Å². The number of nitrogens with zero attached hydrogens (tertiary/aromatic N) is 2. The zero-order chi connectivity index (χ0) is 14.9. The van der Waals surface area contributed by atoms with Crippen LogP contribution in [0.5, 0.6) is 0 Å². The van der Waals surface area contributed by atoms with Crippen molar-refractivity contribution in [3.63, 3.8) is 0 Å². The van der Waals surface area contributed by atoms with E-state index in [4.69, 9.17) is 0 Å². The van der Waals surface area contributed by atoms with Crippen LogP contribution in [0.25, 0.3) is 0 Å². The fourth-order valence-electron chi connectivity index (χ4n) is 2.02. The third-order valence-electron chi connectivity index (χ3n) is 3.16. The number of hydrogen-bond acceptors (Lipinski definition) is 5. The molecule has 1 aromatic carbocycles. The van der Waals surface area contributed by atoms with Gasteiger partial charge in [-0.2, -0.15) is 0 Å². The lowest BCUT2D eigenvalue weighted by molar-refractivity contribution is -0.385. The van der Waals surface area contributed by atoms with Crippen LogP contribution in [-0.2, 0) is 16.1 Å². The number of imide groups is 1. The minimum atomic E-state index is -0.727. The highest BCUT2D eigenvalue weighted by atomic mass is 19.1. The summed E-state index contributed by atoms with van der Waals surface area (Å²) in [5.41, 5.74) is -0.103. The predicted octanol–water partition coefficient (Wildman–Crippen LogP) is 0.581. The van der Waals surface area contributed by atoms with Crippen molar-refractivity contribution < 1.29 is 18.9 Å². The van der Waals surface area contributed by atoms with Crippen LogP contribution in [0.2, 0.25) is 0 Å². The Morgan fingerprint density at radius 1 is 1.50 bits per heavy atom. The summed E-state index contributed by atoms with van der Waals surface area (Å²) >= 11 is 0. The van der Waals surface area contributed by atoms with Crippen LogP contribution >= 0.6 is 0 Å². The van der Waals surface area contributed by atoms with E-state index in [1.54, 1.807) is 0 Å². The number of nitrogens with one attached hydrogen (secondary N) is 1. The molecule has 1 N–H and O–H groups in total. The molecule has 106 valence electrons. The molecule has 1 unspecified atom stereocenters. The molecule has 8 heteroatoms. The van der Waals surface area contributed by atoms with Gasteiger partial charge in [-0.25, -0.2) is 4.39 Å². The van der Waals surface area contributed by atoms with Crippen molar-refractivity contribution in [3.05, 3.63) is 39.7 Å². The van der Waals surface area contributed by atoms with Crippen LogP contribution in [0.15, 0.2) is 18.2 Å². The topological polar surface area (TPSA) is 92.6 Å². The quantitative estimate of drug-likeness (QED) is 0.495. The highest BCUT2D eigenvalue weighted by Gasteiger charge is 2.35. The molecule has 0 aliphatic carbocycles. The second-order valence-electron chi connectivity index (χ2n) is 4.46. The largest absolute Gasteiger partial charge is 0.301 e. The molecule has 1 fully saturated rings. The number of likely N-dealkylation sites (N-methyl/N-ethyl adjacent to an activating group) is 1. The summed E-state index contributed by atoms with van der Waals surface area (Å²) in [5.74, 6) is -1.31. The van der Waals surface area contributed by atoms with E-state index in [1.807, 2.05) is 0 Å². The van der Waals surface area contributed by atoms with E-state index in [-0.39, 0.29) is 30.1 Å². The molecule has 0 bridgehead atoms. The molecule has 1 aliphatic heterocycles. The Morgan fingerprint density at radius 2 is 2.20 bits per heavy atom. The van der Waals surface area contributed by atoms with Crippen molar-refractivity contribution in [3.8, 4) is 0 Å². The van der Waals surface area contributed by atoms with E-state index in [0.29, 0.717) is 0 Å². The smallest absolute Gasteiger partial charge is 0.274 e. The van der Waals surface area contributed by atoms with Crippen molar-refractivity contribution in [1.29, 1.82) is 0 Å². The summed E-state index contributed by atoms with van der Waals surface area (Å²) in [7, 11) is 1.37. The molecule has 2 rings (SSSR count). The number of rotatable bonds is 4. The van der Waals surface area contributed by atoms with E-state index < -0.39 is 22.7 Å². The molecule has 20 heavy (non-hydrogen) atoms. The Balaban J connectivity index is 2.12. The van der Waals surface area contributed by atoms with Gasteiger partial charge in [-0.3, -0.25) is 24.6 Å². The predicted molar refractivity (Wildman–Crippen MR) is 66.1 cm³/mol. The highest BCUT2D eigenvalue weighted by Crippen LogP contribution is 2.20. The van der Waals surface area contributed by atoms with E-state index in [1.165, 1.54) is 7.05 Å². The zero-order valence-corrected chi connectivity index (χ0v) is 10.6. The van der Waals surface area contributed by atoms with Gasteiger partial charge in [0.05, 0.1) is 17.4 Å². The molecule has 1 heterocycles. The summed E-state index contributed by atoms with van der Waals surface area (Å²) < 4.78 is 13.1. The number of halogens is 1. The maximum absolute atomic E-state index is 13.1. The molecule has 0 saturated carbocycles. The van der Waals surface area contributed by atoms with E-state index in [9.17, 15) is 24.1 Å². The summed E-state index contributed by atoms with van der Waals surface area (Å²) in [4.78, 5) is 34.2. The van der Waals surface area contributed by atoms with Gasteiger partial charge < -0.3 is 5.32 Å². The van der Waals surface area contributed by atoms with Gasteiger partial charge in [0, 0.05) is 25.2 Å². The molecule has 0 radical (unpaired) electrons. The van der Waals surface area contributed by atoms with Crippen LogP contribution in [0.4, 0.5) is 10.1 Å². The van der Waals surface area contributed by atoms with Gasteiger partial charge in [-0.1, -0.05) is 0 Å². The van der Waals surface area contributed by atoms with Crippen molar-refractivity contribution in [2.45, 2.75) is 19.0 Å². The van der Waals surface area contributed by atoms with Gasteiger partial charge in [0.15, 0.2) is 0 Å². The lowest BCUT2D eigenvalue weighted by Crippen LogP contribution is -2.36. The van der Waals surface area contributed by atoms with Gasteiger partial charge in [-0.05, 0) is 12.1 Å². The standard InChI is InChI=1S/C12H12FN3O4/c1-15-11(17)5-9(12(15)18)14-6-7-4-8(13)2-3-10(7)16(19)20/h2-4,9,14H,5-6H2,1H3. The number of hydrogen-bond donors (Lipinski definition) is 1. The monoisotopic (exact) mass is 281 g/mol. The summed E-state index contributed by atoms with van der Waals surface area (Å²) in [6.07, 6.45) is -0.00154. The number of amides is 2. The lowest BCUT2D eigenvalue weighted by atomic mass is 10.1. The Kier molecular flexibility index (Phi) is 3.75. The number of carbonyl (C=O) groups excluding carboxylic acids is 2. The minimum absolute atomic E-state index is 0.00154. The summed E-state index contributed by atoms with van der Waals surface area (Å²) in [6.45, 7) is -0.0639. The van der Waals surface area contributed by atoms with Crippen molar-refractivity contribution in [1.82, 2.24) is 10.2 Å². The van der Waals surface area contributed by atoms with Gasteiger partial charge in [0.25, 0.3) is 5.69 Å². The molecule has 2 amide bonds. The van der Waals surface area contributed by atoms with Crippen molar-refractivity contribution >= 4 is 17.5 Å². The van der Waals surface area contributed by atoms with Gasteiger partial charge in [0.2, 0.25) is 11.8 Å². The molecule has 7 nitrogen and oxygen atoms in total. The average molecular weight is 281 g/mol. The van der Waals surface area contributed by atoms with Crippen LogP contribution in [0, 0.1) is 15.9 Å². The fraction of sp³-hybridized carbons (Fsp3) is 0.333. The first-order valence-corrected chi connectivity index (χ1v) is 5.86. The van der Waals surface area contributed by atoms with E-state index >= 15 is 0 Å². The van der Waals surface area contributed by atoms with Gasteiger partial charge in [-0.15, -0.1) is 0 Å². The Labute approximate surface area is 113 Å². The average Bonchev–Trinajstić information content (AvgIpc) is 2.63. The van der Waals surface area contributed by atoms with E-state index in [0.717, 1.165) is 23.1 Å². The fourth-order valence-corrected chi connectivity index (χ4v) is 2.02. The Hall–Kier alpha value is -2.35. The molecule has 1 aromatic rings. The molecule has 1 atom stereocenters. The first-order valence-electron chi connectivity index (χ1n) is 5.86. The number of likely N-dealkylation sites (tertiary alicyclic amines) is 1. The minimum Gasteiger partial charge on any atom is -0.301 e. The number of nitro benzene ring substituents is 1. The maximum atomic E-state index is 13.1. The second kappa shape index (κ2) is 5.33. The van der Waals surface area contributed by atoms with Crippen LogP contribution < -0.4 is 5.32 Å². The van der Waals surface area contributed by atoms with Crippen LogP contribution in [0.3, 0.4) is 0 Å². The molecule has 1 aliphatic rings. The zero-order valence-electron chi connectivity index (χ0n) is 10.6. The lowest BCUT2D eigenvalue weighted by Gasteiger charge is -2.11. The van der Waals surface area contributed by atoms with E-state index in [2.05, 4.69) is 5.32 Å². The van der Waals surface area contributed by atoms with Gasteiger partial charge >= 0.3 is 0 Å². The summed E-state index contributed by atoms with van der Waals surface area (Å²) in [6, 6.07) is 2.38. The first kappa shape index (κ1) is 14.1. The first-order chi connectivity index (χ1) is 9.40. The van der Waals surface area contributed by atoms with Crippen molar-refractivity contribution in [2.75, 3.05) is 7.05 Å². The summed E-state index contributed by atoms with van der Waals surface area (Å²) in [5, 5.41) is 13.6. The molecular weight excluding hydrogens is 269 g/mol. The Bertz CT molecular complexity index is 590. The molecule has 0 spiro atoms.